The fraction of sp³-hybridized carbons (Fsp3) is 0.522. The van der Waals surface area contributed by atoms with Gasteiger partial charge in [0.25, 0.3) is 5.91 Å². The van der Waals surface area contributed by atoms with E-state index in [4.69, 9.17) is 9.47 Å². The Labute approximate surface area is 202 Å². The number of rotatable bonds is 4. The van der Waals surface area contributed by atoms with Crippen LogP contribution in [0.4, 0.5) is 0 Å². The lowest BCUT2D eigenvalue weighted by molar-refractivity contribution is -0.148. The maximum atomic E-state index is 13.9. The maximum absolute atomic E-state index is 13.9. The van der Waals surface area contributed by atoms with Crippen LogP contribution in [0.3, 0.4) is 0 Å². The quantitative estimate of drug-likeness (QED) is 0.581. The van der Waals surface area contributed by atoms with Gasteiger partial charge in [0.15, 0.2) is 0 Å². The number of hydrogen-bond acceptors (Lipinski definition) is 8. The highest BCUT2D eigenvalue weighted by molar-refractivity contribution is 5.96. The van der Waals surface area contributed by atoms with Crippen LogP contribution in [0.5, 0.6) is 5.88 Å². The van der Waals surface area contributed by atoms with Gasteiger partial charge in [-0.1, -0.05) is 0 Å². The Morgan fingerprint density at radius 2 is 2.17 bits per heavy atom. The molecule has 0 aliphatic carbocycles. The number of pyridine rings is 1. The molecule has 2 fully saturated rings. The fourth-order valence-corrected chi connectivity index (χ4v) is 5.07. The van der Waals surface area contributed by atoms with E-state index < -0.39 is 6.04 Å². The van der Waals surface area contributed by atoms with Crippen molar-refractivity contribution in [3.63, 3.8) is 0 Å². The lowest BCUT2D eigenvalue weighted by atomic mass is 10.1. The van der Waals surface area contributed by atoms with Crippen molar-refractivity contribution >= 4 is 17.7 Å². The van der Waals surface area contributed by atoms with Gasteiger partial charge >= 0.3 is 0 Å². The minimum absolute atomic E-state index is 0.0195. The number of carbonyl (C=O) groups excluding carboxylic acids is 3. The number of piperazine rings is 1. The number of methoxy groups -OCH3 is 1. The predicted octanol–water partition coefficient (Wildman–Crippen LogP) is -0.744. The van der Waals surface area contributed by atoms with E-state index in [0.717, 1.165) is 5.69 Å². The second kappa shape index (κ2) is 10.0. The summed E-state index contributed by atoms with van der Waals surface area (Å²) in [5.41, 5.74) is 1.24. The highest BCUT2D eigenvalue weighted by atomic mass is 16.5. The van der Waals surface area contributed by atoms with E-state index in [-0.39, 0.29) is 48.9 Å². The van der Waals surface area contributed by atoms with Crippen molar-refractivity contribution in [1.82, 2.24) is 35.0 Å². The van der Waals surface area contributed by atoms with Gasteiger partial charge in [-0.3, -0.25) is 19.3 Å². The summed E-state index contributed by atoms with van der Waals surface area (Å²) in [5, 5.41) is 3.06. The third-order valence-electron chi connectivity index (χ3n) is 6.77. The van der Waals surface area contributed by atoms with E-state index >= 15 is 0 Å². The molecule has 3 amide bonds. The van der Waals surface area contributed by atoms with Crippen LogP contribution < -0.4 is 10.1 Å². The molecule has 2 N–H and O–H groups in total. The summed E-state index contributed by atoms with van der Waals surface area (Å²) in [6, 6.07) is 2.35. The molecule has 5 rings (SSSR count). The van der Waals surface area contributed by atoms with Gasteiger partial charge in [-0.15, -0.1) is 0 Å². The summed E-state index contributed by atoms with van der Waals surface area (Å²) in [5.74, 6) is -0.242. The fourth-order valence-electron chi connectivity index (χ4n) is 5.07. The molecule has 12 nitrogen and oxygen atoms in total. The van der Waals surface area contributed by atoms with Gasteiger partial charge in [0.05, 0.1) is 18.4 Å². The zero-order valence-electron chi connectivity index (χ0n) is 19.6. The lowest BCUT2D eigenvalue weighted by Gasteiger charge is -2.43. The maximum Gasteiger partial charge on any atom is 0.257 e. The van der Waals surface area contributed by atoms with E-state index in [0.29, 0.717) is 44.7 Å². The smallest absolute Gasteiger partial charge is 0.257 e. The topological polar surface area (TPSA) is 133 Å². The third-order valence-corrected chi connectivity index (χ3v) is 6.77. The number of nitrogens with one attached hydrogen (secondary N) is 2. The minimum Gasteiger partial charge on any atom is -0.475 e. The van der Waals surface area contributed by atoms with E-state index in [2.05, 4.69) is 25.2 Å². The molecule has 0 spiro atoms. The number of H-pyrrole nitrogens is 1. The van der Waals surface area contributed by atoms with Crippen molar-refractivity contribution in [2.75, 3.05) is 46.5 Å². The van der Waals surface area contributed by atoms with Crippen LogP contribution in [0.2, 0.25) is 0 Å². The lowest BCUT2D eigenvalue weighted by Crippen LogP contribution is -2.61. The molecule has 3 aliphatic rings. The van der Waals surface area contributed by atoms with Crippen LogP contribution in [-0.2, 0) is 20.9 Å². The van der Waals surface area contributed by atoms with Crippen LogP contribution in [-0.4, -0.2) is 112 Å². The van der Waals surface area contributed by atoms with Crippen LogP contribution >= 0.6 is 0 Å². The monoisotopic (exact) mass is 483 g/mol. The largest absolute Gasteiger partial charge is 0.475 e. The number of nitrogens with zero attached hydrogens (tertiary/aromatic N) is 5. The summed E-state index contributed by atoms with van der Waals surface area (Å²) < 4.78 is 11.0. The first-order valence-corrected chi connectivity index (χ1v) is 11.7. The molecular weight excluding hydrogens is 454 g/mol. The zero-order valence-corrected chi connectivity index (χ0v) is 19.6. The number of hydrogen-bond donors (Lipinski definition) is 2. The number of aromatic amines is 1. The zero-order chi connectivity index (χ0) is 24.4. The molecule has 2 saturated heterocycles. The molecule has 2 aromatic heterocycles. The molecule has 12 heteroatoms. The van der Waals surface area contributed by atoms with Crippen molar-refractivity contribution in [1.29, 1.82) is 0 Å². The average molecular weight is 484 g/mol. The number of imidazole rings is 1. The molecular formula is C23H29N7O5. The van der Waals surface area contributed by atoms with E-state index in [1.165, 1.54) is 7.11 Å². The van der Waals surface area contributed by atoms with Gasteiger partial charge in [-0.2, -0.15) is 0 Å². The first-order chi connectivity index (χ1) is 17.0. The molecule has 0 aromatic carbocycles. The van der Waals surface area contributed by atoms with Gasteiger partial charge in [0, 0.05) is 64.0 Å². The molecule has 3 aliphatic heterocycles. The van der Waals surface area contributed by atoms with Crippen molar-refractivity contribution in [3.8, 4) is 5.88 Å². The molecule has 0 unspecified atom stereocenters. The van der Waals surface area contributed by atoms with Crippen molar-refractivity contribution in [3.05, 3.63) is 42.1 Å². The van der Waals surface area contributed by atoms with Crippen molar-refractivity contribution < 1.29 is 23.9 Å². The molecule has 5 heterocycles. The molecule has 186 valence electrons. The van der Waals surface area contributed by atoms with Gasteiger partial charge < -0.3 is 29.6 Å². The number of aromatic nitrogens is 3. The third kappa shape index (κ3) is 4.84. The highest BCUT2D eigenvalue weighted by Crippen LogP contribution is 2.26. The van der Waals surface area contributed by atoms with Crippen LogP contribution in [0, 0.1) is 0 Å². The SMILES string of the molecule is COCC(=O)N1CCN2C(=O)[C@@H]3C[C@@H](CN3Cc3cnc[nH]3)NC(=O)c3cccnc3OC[C@@H]2C1. The van der Waals surface area contributed by atoms with E-state index in [1.807, 2.05) is 4.90 Å². The first-order valence-electron chi connectivity index (χ1n) is 11.7. The number of amides is 3. The Hall–Kier alpha value is -3.51. The van der Waals surface area contributed by atoms with Gasteiger partial charge in [-0.05, 0) is 18.6 Å². The Morgan fingerprint density at radius 3 is 2.97 bits per heavy atom. The Balaban J connectivity index is 1.46. The Bertz CT molecular complexity index is 1080. The second-order valence-corrected chi connectivity index (χ2v) is 9.05. The Morgan fingerprint density at radius 1 is 1.29 bits per heavy atom. The normalized spacial score (nSPS) is 25.1. The first kappa shape index (κ1) is 23.2. The molecule has 3 atom stereocenters. The van der Waals surface area contributed by atoms with Crippen molar-refractivity contribution in [2.24, 2.45) is 0 Å². The van der Waals surface area contributed by atoms with Crippen molar-refractivity contribution in [2.45, 2.75) is 31.1 Å². The predicted molar refractivity (Wildman–Crippen MR) is 122 cm³/mol. The Kier molecular flexibility index (Phi) is 6.64. The minimum atomic E-state index is -0.417. The van der Waals surface area contributed by atoms with Crippen LogP contribution in [0.15, 0.2) is 30.9 Å². The van der Waals surface area contributed by atoms with Gasteiger partial charge in [0.2, 0.25) is 17.7 Å². The van der Waals surface area contributed by atoms with E-state index in [1.54, 1.807) is 35.8 Å². The highest BCUT2D eigenvalue weighted by Gasteiger charge is 2.43. The van der Waals surface area contributed by atoms with Crippen LogP contribution in [0.1, 0.15) is 22.5 Å². The summed E-state index contributed by atoms with van der Waals surface area (Å²) in [6.07, 6.45) is 5.40. The number of likely N-dealkylation sites (tertiary alicyclic amines) is 1. The standard InChI is InChI=1S/C23H29N7O5/c1-34-13-20(31)28-5-6-30-17(11-28)12-35-22-18(3-2-4-25-22)21(32)27-15-7-19(23(30)33)29(9-15)10-16-8-24-14-26-16/h2-4,8,14-15,17,19H,5-7,9-13H2,1H3,(H,24,26)(H,27,32)/t15-,17-,19-/m0/s1. The number of ether oxygens (including phenoxy) is 2. The summed E-state index contributed by atoms with van der Waals surface area (Å²) in [6.45, 7) is 2.25. The molecule has 35 heavy (non-hydrogen) atoms. The van der Waals surface area contributed by atoms with Gasteiger partial charge in [0.1, 0.15) is 18.8 Å². The molecule has 2 bridgehead atoms. The number of carbonyl (C=O) groups is 3. The van der Waals surface area contributed by atoms with Crippen LogP contribution in [0.25, 0.3) is 0 Å². The second-order valence-electron chi connectivity index (χ2n) is 9.05. The molecule has 0 saturated carbocycles. The van der Waals surface area contributed by atoms with Gasteiger partial charge in [-0.25, -0.2) is 9.97 Å². The summed E-state index contributed by atoms with van der Waals surface area (Å²) in [4.78, 5) is 56.5. The summed E-state index contributed by atoms with van der Waals surface area (Å²) in [7, 11) is 1.48. The molecule has 2 aromatic rings. The summed E-state index contributed by atoms with van der Waals surface area (Å²) >= 11 is 0. The average Bonchev–Trinajstić information content (AvgIpc) is 3.52. The molecule has 0 radical (unpaired) electrons. The van der Waals surface area contributed by atoms with E-state index in [9.17, 15) is 14.4 Å². The number of fused-ring (bicyclic) bond motifs is 4.